The quantitative estimate of drug-likeness (QED) is 0.674. The molecule has 0 aromatic rings. The maximum Gasteiger partial charge on any atom is 0.0746 e. The van der Waals surface area contributed by atoms with Gasteiger partial charge in [0.2, 0.25) is 0 Å². The van der Waals surface area contributed by atoms with Crippen LogP contribution in [0.1, 0.15) is 58.3 Å². The first-order valence-corrected chi connectivity index (χ1v) is 6.64. The summed E-state index contributed by atoms with van der Waals surface area (Å²) in [5.41, 5.74) is -0.426. The minimum absolute atomic E-state index is 0.426. The first kappa shape index (κ1) is 11.4. The summed E-state index contributed by atoms with van der Waals surface area (Å²) < 4.78 is 0. The molecule has 2 rings (SSSR count). The molecule has 0 bridgehead atoms. The van der Waals surface area contributed by atoms with E-state index in [1.54, 1.807) is 0 Å². The van der Waals surface area contributed by atoms with Gasteiger partial charge in [0.25, 0.3) is 0 Å². The van der Waals surface area contributed by atoms with Crippen molar-refractivity contribution in [3.63, 3.8) is 0 Å². The van der Waals surface area contributed by atoms with E-state index in [2.05, 4.69) is 4.90 Å². The molecule has 2 aliphatic rings. The molecule has 2 heteroatoms. The summed E-state index contributed by atoms with van der Waals surface area (Å²) in [5.74, 6) is 0. The zero-order valence-corrected chi connectivity index (χ0v) is 10.0. The first-order valence-electron chi connectivity index (χ1n) is 6.64. The Morgan fingerprint density at radius 1 is 1.07 bits per heavy atom. The van der Waals surface area contributed by atoms with Gasteiger partial charge in [-0.05, 0) is 39.2 Å². The second kappa shape index (κ2) is 4.84. The van der Waals surface area contributed by atoms with Crippen LogP contribution in [-0.4, -0.2) is 34.7 Å². The molecule has 2 nitrogen and oxygen atoms in total. The number of piperidine rings is 1. The monoisotopic (exact) mass is 211 g/mol. The van der Waals surface area contributed by atoms with Crippen molar-refractivity contribution < 1.29 is 5.11 Å². The molecule has 1 aliphatic carbocycles. The van der Waals surface area contributed by atoms with E-state index in [0.29, 0.717) is 0 Å². The Morgan fingerprint density at radius 2 is 1.73 bits per heavy atom. The van der Waals surface area contributed by atoms with Crippen LogP contribution in [0.2, 0.25) is 0 Å². The summed E-state index contributed by atoms with van der Waals surface area (Å²) in [7, 11) is 0. The second-order valence-corrected chi connectivity index (χ2v) is 5.72. The van der Waals surface area contributed by atoms with Crippen LogP contribution in [0.25, 0.3) is 0 Å². The molecule has 1 saturated heterocycles. The summed E-state index contributed by atoms with van der Waals surface area (Å²) >= 11 is 0. The van der Waals surface area contributed by atoms with Crippen molar-refractivity contribution in [1.29, 1.82) is 0 Å². The highest BCUT2D eigenvalue weighted by Gasteiger charge is 2.31. The molecule has 1 N–H and O–H groups in total. The summed E-state index contributed by atoms with van der Waals surface area (Å²) in [4.78, 5) is 2.55. The van der Waals surface area contributed by atoms with E-state index < -0.39 is 5.60 Å². The molecule has 15 heavy (non-hydrogen) atoms. The highest BCUT2D eigenvalue weighted by molar-refractivity contribution is 4.87. The van der Waals surface area contributed by atoms with Gasteiger partial charge >= 0.3 is 0 Å². The minimum Gasteiger partial charge on any atom is -0.389 e. The predicted molar refractivity (Wildman–Crippen MR) is 62.9 cm³/mol. The fourth-order valence-corrected chi connectivity index (χ4v) is 3.19. The number of aliphatic hydroxyl groups is 1. The number of rotatable bonds is 1. The number of hydrogen-bond acceptors (Lipinski definition) is 2. The molecule has 88 valence electrons. The molecule has 1 saturated carbocycles. The van der Waals surface area contributed by atoms with Gasteiger partial charge in [0, 0.05) is 12.6 Å². The molecule has 1 aliphatic heterocycles. The lowest BCUT2D eigenvalue weighted by molar-refractivity contribution is -0.0320. The predicted octanol–water partition coefficient (Wildman–Crippen LogP) is 2.56. The first-order chi connectivity index (χ1) is 7.17. The Hall–Kier alpha value is -0.0800. The van der Waals surface area contributed by atoms with Crippen LogP contribution >= 0.6 is 0 Å². The van der Waals surface area contributed by atoms with Gasteiger partial charge in [0.1, 0.15) is 0 Å². The highest BCUT2D eigenvalue weighted by Crippen LogP contribution is 2.27. The van der Waals surface area contributed by atoms with Crippen LogP contribution in [0.15, 0.2) is 0 Å². The molecule has 0 spiro atoms. The maximum absolute atomic E-state index is 10.1. The third-order valence-electron chi connectivity index (χ3n) is 4.05. The summed E-state index contributed by atoms with van der Waals surface area (Å²) in [6.07, 6.45) is 10.5. The van der Waals surface area contributed by atoms with Crippen molar-refractivity contribution in [2.75, 3.05) is 13.1 Å². The average molecular weight is 211 g/mol. The Balaban J connectivity index is 1.90. The summed E-state index contributed by atoms with van der Waals surface area (Å²) in [5, 5.41) is 10.1. The van der Waals surface area contributed by atoms with Crippen LogP contribution < -0.4 is 0 Å². The van der Waals surface area contributed by atoms with Crippen LogP contribution in [0, 0.1) is 0 Å². The van der Waals surface area contributed by atoms with E-state index in [4.69, 9.17) is 0 Å². The van der Waals surface area contributed by atoms with Gasteiger partial charge in [-0.25, -0.2) is 0 Å². The van der Waals surface area contributed by atoms with Gasteiger partial charge in [0.05, 0.1) is 5.60 Å². The highest BCUT2D eigenvalue weighted by atomic mass is 16.3. The molecular formula is C13H25NO. The van der Waals surface area contributed by atoms with E-state index in [1.807, 2.05) is 6.92 Å². The molecule has 0 aromatic carbocycles. The van der Waals surface area contributed by atoms with Crippen molar-refractivity contribution in [3.05, 3.63) is 0 Å². The van der Waals surface area contributed by atoms with Crippen molar-refractivity contribution in [3.8, 4) is 0 Å². The smallest absolute Gasteiger partial charge is 0.0746 e. The van der Waals surface area contributed by atoms with Gasteiger partial charge in [-0.3, -0.25) is 4.90 Å². The molecular weight excluding hydrogens is 186 g/mol. The van der Waals surface area contributed by atoms with Gasteiger partial charge in [-0.1, -0.05) is 25.7 Å². The zero-order chi connectivity index (χ0) is 10.7. The topological polar surface area (TPSA) is 23.5 Å². The molecule has 0 amide bonds. The molecule has 2 fully saturated rings. The van der Waals surface area contributed by atoms with Gasteiger partial charge < -0.3 is 5.11 Å². The normalized spacial score (nSPS) is 36.4. The lowest BCUT2D eigenvalue weighted by Gasteiger charge is -2.41. The van der Waals surface area contributed by atoms with Crippen molar-refractivity contribution in [2.45, 2.75) is 69.9 Å². The van der Waals surface area contributed by atoms with Gasteiger partial charge in [-0.2, -0.15) is 0 Å². The fourth-order valence-electron chi connectivity index (χ4n) is 3.19. The average Bonchev–Trinajstić information content (AvgIpc) is 2.44. The molecule has 0 radical (unpaired) electrons. The molecule has 1 atom stereocenters. The maximum atomic E-state index is 10.1. The Morgan fingerprint density at radius 3 is 2.33 bits per heavy atom. The lowest BCUT2D eigenvalue weighted by atomic mass is 9.92. The Labute approximate surface area is 93.7 Å². The second-order valence-electron chi connectivity index (χ2n) is 5.72. The van der Waals surface area contributed by atoms with Crippen LogP contribution in [0.3, 0.4) is 0 Å². The van der Waals surface area contributed by atoms with Crippen molar-refractivity contribution in [2.24, 2.45) is 0 Å². The Bertz CT molecular complexity index is 195. The number of likely N-dealkylation sites (tertiary alicyclic amines) is 1. The standard InChI is InChI=1S/C13H25NO/c1-13(15)9-6-10-14(11-13)12-7-4-2-3-5-8-12/h12,15H,2-11H2,1H3. The van der Waals surface area contributed by atoms with Gasteiger partial charge in [-0.15, -0.1) is 0 Å². The third-order valence-corrected chi connectivity index (χ3v) is 4.05. The summed E-state index contributed by atoms with van der Waals surface area (Å²) in [6.45, 7) is 4.11. The Kier molecular flexibility index (Phi) is 3.68. The summed E-state index contributed by atoms with van der Waals surface area (Å²) in [6, 6.07) is 0.763. The minimum atomic E-state index is -0.426. The number of β-amino-alcohol motifs (C(OH)–C–C–N with tert-alkyl or cyclic N) is 1. The number of hydrogen-bond donors (Lipinski definition) is 1. The van der Waals surface area contributed by atoms with E-state index >= 15 is 0 Å². The van der Waals surface area contributed by atoms with Crippen molar-refractivity contribution in [1.82, 2.24) is 4.90 Å². The van der Waals surface area contributed by atoms with E-state index in [-0.39, 0.29) is 0 Å². The third kappa shape index (κ3) is 3.18. The van der Waals surface area contributed by atoms with Crippen molar-refractivity contribution >= 4 is 0 Å². The fraction of sp³-hybridized carbons (Fsp3) is 1.00. The van der Waals surface area contributed by atoms with Crippen LogP contribution in [-0.2, 0) is 0 Å². The van der Waals surface area contributed by atoms with Gasteiger partial charge in [0.15, 0.2) is 0 Å². The SMILES string of the molecule is CC1(O)CCCN(C2CCCCCC2)C1. The molecule has 1 heterocycles. The number of nitrogens with zero attached hydrogens (tertiary/aromatic N) is 1. The zero-order valence-electron chi connectivity index (χ0n) is 10.0. The van der Waals surface area contributed by atoms with Crippen LogP contribution in [0.4, 0.5) is 0 Å². The van der Waals surface area contributed by atoms with E-state index in [0.717, 1.165) is 19.0 Å². The van der Waals surface area contributed by atoms with E-state index in [1.165, 1.54) is 51.5 Å². The van der Waals surface area contributed by atoms with Crippen LogP contribution in [0.5, 0.6) is 0 Å². The lowest BCUT2D eigenvalue weighted by Crippen LogP contribution is -2.50. The van der Waals surface area contributed by atoms with E-state index in [9.17, 15) is 5.11 Å². The molecule has 1 unspecified atom stereocenters. The largest absolute Gasteiger partial charge is 0.389 e. The molecule has 0 aromatic heterocycles.